The predicted molar refractivity (Wildman–Crippen MR) is 127 cm³/mol. The van der Waals surface area contributed by atoms with E-state index in [0.717, 1.165) is 23.8 Å². The number of phenolic OH excluding ortho intramolecular Hbond substituents is 1. The van der Waals surface area contributed by atoms with Gasteiger partial charge in [0.05, 0.1) is 12.1 Å². The van der Waals surface area contributed by atoms with Gasteiger partial charge in [-0.15, -0.1) is 0 Å². The van der Waals surface area contributed by atoms with E-state index in [9.17, 15) is 27.9 Å². The van der Waals surface area contributed by atoms with Crippen molar-refractivity contribution in [3.63, 3.8) is 0 Å². The topological polar surface area (TPSA) is 100 Å². The number of dihydropyridines is 1. The minimum atomic E-state index is -1.49. The van der Waals surface area contributed by atoms with Crippen molar-refractivity contribution in [3.05, 3.63) is 70.8 Å². The molecular formula is C26H24F3N3O4. The normalized spacial score (nSPS) is 19.7. The third-order valence-electron chi connectivity index (χ3n) is 5.88. The van der Waals surface area contributed by atoms with Gasteiger partial charge in [-0.25, -0.2) is 23.2 Å². The van der Waals surface area contributed by atoms with E-state index in [1.165, 1.54) is 12.1 Å². The smallest absolute Gasteiger partial charge is 0.280 e. The Bertz CT molecular complexity index is 1280. The van der Waals surface area contributed by atoms with Crippen LogP contribution >= 0.6 is 0 Å². The Hall–Kier alpha value is -3.95. The molecule has 0 bridgehead atoms. The molecule has 0 saturated heterocycles. The fraction of sp³-hybridized carbons (Fsp3) is 0.308. The number of aryl methyl sites for hydroxylation is 1. The van der Waals surface area contributed by atoms with Crippen LogP contribution in [0.25, 0.3) is 0 Å². The van der Waals surface area contributed by atoms with Crippen LogP contribution in [0.4, 0.5) is 13.2 Å². The summed E-state index contributed by atoms with van der Waals surface area (Å²) in [6, 6.07) is 7.33. The summed E-state index contributed by atoms with van der Waals surface area (Å²) >= 11 is 0. The summed E-state index contributed by atoms with van der Waals surface area (Å²) in [5.41, 5.74) is 1.49. The monoisotopic (exact) mass is 499 g/mol. The summed E-state index contributed by atoms with van der Waals surface area (Å²) in [6.07, 6.45) is 1.51. The third kappa shape index (κ3) is 5.99. The maximum absolute atomic E-state index is 14.0. The molecule has 2 aromatic carbocycles. The number of hydrogen-bond acceptors (Lipinski definition) is 5. The van der Waals surface area contributed by atoms with E-state index in [0.29, 0.717) is 31.4 Å². The summed E-state index contributed by atoms with van der Waals surface area (Å²) in [7, 11) is 0. The fourth-order valence-corrected chi connectivity index (χ4v) is 3.97. The number of aromatic hydroxyl groups is 1. The zero-order valence-corrected chi connectivity index (χ0v) is 19.4. The highest BCUT2D eigenvalue weighted by atomic mass is 19.2. The summed E-state index contributed by atoms with van der Waals surface area (Å²) in [4.78, 5) is 33.4. The maximum Gasteiger partial charge on any atom is 0.280 e. The van der Waals surface area contributed by atoms with Crippen LogP contribution in [-0.4, -0.2) is 47.3 Å². The molecule has 0 spiro atoms. The highest BCUT2D eigenvalue weighted by Crippen LogP contribution is 2.23. The second-order valence-electron chi connectivity index (χ2n) is 8.67. The molecule has 4 rings (SSSR count). The van der Waals surface area contributed by atoms with Crippen molar-refractivity contribution in [1.82, 2.24) is 5.32 Å². The first-order valence-electron chi connectivity index (χ1n) is 11.4. The van der Waals surface area contributed by atoms with Crippen LogP contribution in [0, 0.1) is 18.6 Å². The lowest BCUT2D eigenvalue weighted by Gasteiger charge is -2.25. The van der Waals surface area contributed by atoms with E-state index in [-0.39, 0.29) is 41.1 Å². The van der Waals surface area contributed by atoms with Crippen LogP contribution in [0.3, 0.4) is 0 Å². The van der Waals surface area contributed by atoms with E-state index >= 15 is 0 Å². The van der Waals surface area contributed by atoms with E-state index in [1.807, 2.05) is 6.92 Å². The molecule has 1 saturated carbocycles. The molecule has 1 aliphatic carbocycles. The van der Waals surface area contributed by atoms with E-state index in [2.05, 4.69) is 15.3 Å². The van der Waals surface area contributed by atoms with Crippen LogP contribution < -0.4 is 10.1 Å². The second kappa shape index (κ2) is 10.8. The lowest BCUT2D eigenvalue weighted by atomic mass is 9.93. The average Bonchev–Trinajstić information content (AvgIpc) is 2.85. The SMILES string of the molecule is Cc1ccc(O)c(C(=O)N=C2CCC(NC(=O)C3=CC(F)CN=C3Oc3ccc(F)c(F)c3)CC2)c1. The summed E-state index contributed by atoms with van der Waals surface area (Å²) in [6.45, 7) is 1.55. The highest BCUT2D eigenvalue weighted by molar-refractivity contribution is 6.19. The quantitative estimate of drug-likeness (QED) is 0.652. The lowest BCUT2D eigenvalue weighted by Crippen LogP contribution is -2.41. The van der Waals surface area contributed by atoms with Crippen molar-refractivity contribution in [2.45, 2.75) is 44.8 Å². The molecule has 36 heavy (non-hydrogen) atoms. The number of phenols is 1. The molecule has 2 aromatic rings. The number of benzene rings is 2. The number of alkyl halides is 1. The lowest BCUT2D eigenvalue weighted by molar-refractivity contribution is -0.117. The van der Waals surface area contributed by atoms with Crippen molar-refractivity contribution >= 4 is 23.4 Å². The van der Waals surface area contributed by atoms with Crippen LogP contribution in [0.1, 0.15) is 41.6 Å². The van der Waals surface area contributed by atoms with Gasteiger partial charge in [0.1, 0.15) is 23.2 Å². The number of aliphatic imine (C=N–C) groups is 2. The van der Waals surface area contributed by atoms with Crippen LogP contribution in [0.15, 0.2) is 58.0 Å². The molecule has 1 unspecified atom stereocenters. The molecule has 1 fully saturated rings. The molecule has 7 nitrogen and oxygen atoms in total. The van der Waals surface area contributed by atoms with Gasteiger partial charge in [0.25, 0.3) is 11.8 Å². The van der Waals surface area contributed by atoms with E-state index in [4.69, 9.17) is 4.74 Å². The van der Waals surface area contributed by atoms with Crippen molar-refractivity contribution in [2.24, 2.45) is 9.98 Å². The van der Waals surface area contributed by atoms with Gasteiger partial charge in [0.15, 0.2) is 11.6 Å². The van der Waals surface area contributed by atoms with Gasteiger partial charge in [0.2, 0.25) is 5.90 Å². The van der Waals surface area contributed by atoms with Gasteiger partial charge in [-0.05, 0) is 62.9 Å². The minimum Gasteiger partial charge on any atom is -0.507 e. The third-order valence-corrected chi connectivity index (χ3v) is 5.88. The van der Waals surface area contributed by atoms with E-state index in [1.54, 1.807) is 12.1 Å². The van der Waals surface area contributed by atoms with Crippen molar-refractivity contribution in [2.75, 3.05) is 6.54 Å². The molecule has 0 radical (unpaired) electrons. The molecule has 0 aromatic heterocycles. The van der Waals surface area contributed by atoms with Gasteiger partial charge in [0, 0.05) is 17.8 Å². The van der Waals surface area contributed by atoms with Crippen LogP contribution in [0.2, 0.25) is 0 Å². The Morgan fingerprint density at radius 2 is 1.86 bits per heavy atom. The molecule has 188 valence electrons. The molecule has 1 aliphatic heterocycles. The second-order valence-corrected chi connectivity index (χ2v) is 8.67. The first-order valence-corrected chi connectivity index (χ1v) is 11.4. The Labute approximate surface area is 205 Å². The first-order chi connectivity index (χ1) is 17.2. The Balaban J connectivity index is 1.37. The van der Waals surface area contributed by atoms with Crippen molar-refractivity contribution in [1.29, 1.82) is 0 Å². The van der Waals surface area contributed by atoms with Crippen molar-refractivity contribution in [3.8, 4) is 11.5 Å². The van der Waals surface area contributed by atoms with Gasteiger partial charge in [-0.2, -0.15) is 0 Å². The number of hydrogen-bond donors (Lipinski definition) is 2. The standard InChI is InChI=1S/C26H24F3N3O4/c1-14-2-9-23(33)19(10-14)24(34)31-16-3-5-17(6-4-16)32-25(35)20-11-15(27)13-30-26(20)36-18-7-8-21(28)22(29)12-18/h2,7-12,15,17,33H,3-6,13H2,1H3,(H,32,35). The Kier molecular flexibility index (Phi) is 7.52. The summed E-state index contributed by atoms with van der Waals surface area (Å²) in [5, 5.41) is 12.8. The van der Waals surface area contributed by atoms with E-state index < -0.39 is 29.6 Å². The van der Waals surface area contributed by atoms with Crippen molar-refractivity contribution < 1.29 is 32.6 Å². The Morgan fingerprint density at radius 1 is 1.11 bits per heavy atom. The molecule has 2 N–H and O–H groups in total. The number of ether oxygens (including phenoxy) is 1. The number of carbonyl (C=O) groups is 2. The predicted octanol–water partition coefficient (Wildman–Crippen LogP) is 4.37. The molecular weight excluding hydrogens is 475 g/mol. The Morgan fingerprint density at radius 3 is 2.58 bits per heavy atom. The zero-order valence-electron chi connectivity index (χ0n) is 19.4. The van der Waals surface area contributed by atoms with Gasteiger partial charge in [-0.1, -0.05) is 11.6 Å². The molecule has 2 amide bonds. The summed E-state index contributed by atoms with van der Waals surface area (Å²) < 4.78 is 46.1. The van der Waals surface area contributed by atoms with Crippen LogP contribution in [0.5, 0.6) is 11.5 Å². The summed E-state index contributed by atoms with van der Waals surface area (Å²) in [5.74, 6) is -3.71. The zero-order chi connectivity index (χ0) is 25.8. The van der Waals surface area contributed by atoms with Crippen LogP contribution in [-0.2, 0) is 4.79 Å². The number of nitrogens with zero attached hydrogens (tertiary/aromatic N) is 2. The minimum absolute atomic E-state index is 0.0773. The largest absolute Gasteiger partial charge is 0.507 e. The fourth-order valence-electron chi connectivity index (χ4n) is 3.97. The van der Waals surface area contributed by atoms with Gasteiger partial charge >= 0.3 is 0 Å². The molecule has 10 heteroatoms. The number of halogens is 3. The number of amides is 2. The first kappa shape index (κ1) is 25.2. The molecule has 2 aliphatic rings. The number of carbonyl (C=O) groups excluding carboxylic acids is 2. The highest BCUT2D eigenvalue weighted by Gasteiger charge is 2.28. The van der Waals surface area contributed by atoms with Gasteiger partial charge < -0.3 is 15.2 Å². The number of nitrogens with one attached hydrogen (secondary N) is 1. The number of rotatable bonds is 4. The maximum atomic E-state index is 14.0. The van der Waals surface area contributed by atoms with Gasteiger partial charge in [-0.3, -0.25) is 9.59 Å². The molecule has 1 heterocycles. The average molecular weight is 499 g/mol. The molecule has 1 atom stereocenters.